The Balaban J connectivity index is 2.52. The first kappa shape index (κ1) is 13.7. The van der Waals surface area contributed by atoms with Gasteiger partial charge in [0.25, 0.3) is 0 Å². The molecule has 0 fully saturated rings. The van der Waals surface area contributed by atoms with Crippen LogP contribution in [0.2, 0.25) is 0 Å². The van der Waals surface area contributed by atoms with Gasteiger partial charge < -0.3 is 10.4 Å². The summed E-state index contributed by atoms with van der Waals surface area (Å²) in [5.41, 5.74) is -0.479. The van der Waals surface area contributed by atoms with Gasteiger partial charge in [0.15, 0.2) is 0 Å². The molecule has 96 valence electrons. The van der Waals surface area contributed by atoms with Gasteiger partial charge >= 0.3 is 5.97 Å². The van der Waals surface area contributed by atoms with E-state index in [0.29, 0.717) is 6.42 Å². The van der Waals surface area contributed by atoms with Gasteiger partial charge in [-0.3, -0.25) is 4.79 Å². The van der Waals surface area contributed by atoms with Crippen LogP contribution in [0.15, 0.2) is 12.2 Å². The van der Waals surface area contributed by atoms with Crippen LogP contribution in [0.3, 0.4) is 0 Å². The maximum absolute atomic E-state index is 11.8. The lowest BCUT2D eigenvalue weighted by Gasteiger charge is -2.28. The third kappa shape index (κ3) is 4.21. The second kappa shape index (κ2) is 5.34. The highest BCUT2D eigenvalue weighted by Crippen LogP contribution is 2.22. The topological polar surface area (TPSA) is 66.4 Å². The van der Waals surface area contributed by atoms with Crippen molar-refractivity contribution in [3.05, 3.63) is 12.2 Å². The molecule has 2 N–H and O–H groups in total. The van der Waals surface area contributed by atoms with Gasteiger partial charge in [0.05, 0.1) is 0 Å². The Morgan fingerprint density at radius 1 is 1.47 bits per heavy atom. The number of amides is 1. The summed E-state index contributed by atoms with van der Waals surface area (Å²) in [6.45, 7) is 5.42. The predicted octanol–water partition coefficient (Wildman–Crippen LogP) is 1.96. The number of carbonyl (C=O) groups excluding carboxylic acids is 1. The smallest absolute Gasteiger partial charge is 0.326 e. The molecule has 1 unspecified atom stereocenters. The minimum atomic E-state index is -0.979. The van der Waals surface area contributed by atoms with Crippen molar-refractivity contribution in [1.82, 2.24) is 5.32 Å². The summed E-state index contributed by atoms with van der Waals surface area (Å²) in [6.07, 6.45) is 6.49. The highest BCUT2D eigenvalue weighted by molar-refractivity contribution is 5.84. The molecule has 17 heavy (non-hydrogen) atoms. The van der Waals surface area contributed by atoms with E-state index >= 15 is 0 Å². The third-order valence-electron chi connectivity index (χ3n) is 2.98. The van der Waals surface area contributed by atoms with Crippen molar-refractivity contribution in [2.24, 2.45) is 11.3 Å². The molecule has 4 nitrogen and oxygen atoms in total. The highest BCUT2D eigenvalue weighted by atomic mass is 16.4. The van der Waals surface area contributed by atoms with Crippen LogP contribution in [0.4, 0.5) is 0 Å². The Labute approximate surface area is 102 Å². The summed E-state index contributed by atoms with van der Waals surface area (Å²) in [6, 6.07) is -0.833. The molecule has 0 bridgehead atoms. The van der Waals surface area contributed by atoms with Gasteiger partial charge in [0.2, 0.25) is 5.91 Å². The number of hydrogen-bond acceptors (Lipinski definition) is 2. The summed E-state index contributed by atoms with van der Waals surface area (Å²) in [5.74, 6) is -0.888. The van der Waals surface area contributed by atoms with E-state index in [2.05, 4.69) is 11.4 Å². The summed E-state index contributed by atoms with van der Waals surface area (Å²) in [4.78, 5) is 22.8. The van der Waals surface area contributed by atoms with E-state index in [-0.39, 0.29) is 11.8 Å². The molecule has 0 spiro atoms. The number of aliphatic carboxylic acids is 1. The molecule has 0 aromatic rings. The molecule has 0 saturated heterocycles. The Morgan fingerprint density at radius 3 is 2.53 bits per heavy atom. The molecule has 1 aliphatic carbocycles. The number of carboxylic acid groups (broad SMARTS) is 1. The average molecular weight is 239 g/mol. The second-order valence-electron chi connectivity index (χ2n) is 5.67. The van der Waals surface area contributed by atoms with Gasteiger partial charge in [-0.15, -0.1) is 0 Å². The molecule has 1 aliphatic rings. The molecule has 1 rings (SSSR count). The van der Waals surface area contributed by atoms with Crippen molar-refractivity contribution >= 4 is 11.9 Å². The standard InChI is InChI=1S/C13H21NO3/c1-13(2,3)11(12(16)17)14-10(15)8-9-6-4-5-7-9/h4,6,9,11H,5,7-8H2,1-3H3,(H,14,15)(H,16,17)/t9?,11-/m1/s1. The largest absolute Gasteiger partial charge is 0.480 e. The molecule has 0 heterocycles. The van der Waals surface area contributed by atoms with E-state index in [1.54, 1.807) is 0 Å². The lowest BCUT2D eigenvalue weighted by molar-refractivity contribution is -0.145. The van der Waals surface area contributed by atoms with Crippen molar-refractivity contribution in [2.45, 2.75) is 46.1 Å². The first-order valence-electron chi connectivity index (χ1n) is 5.99. The van der Waals surface area contributed by atoms with Crippen LogP contribution in [0.25, 0.3) is 0 Å². The van der Waals surface area contributed by atoms with Gasteiger partial charge in [0.1, 0.15) is 6.04 Å². The van der Waals surface area contributed by atoms with Gasteiger partial charge in [-0.1, -0.05) is 32.9 Å². The Hall–Kier alpha value is -1.32. The quantitative estimate of drug-likeness (QED) is 0.737. The van der Waals surface area contributed by atoms with Crippen molar-refractivity contribution in [2.75, 3.05) is 0 Å². The number of allylic oxidation sites excluding steroid dienone is 2. The normalized spacial score (nSPS) is 21.2. The number of hydrogen-bond donors (Lipinski definition) is 2. The minimum absolute atomic E-state index is 0.177. The van der Waals surface area contributed by atoms with Crippen LogP contribution in [0.5, 0.6) is 0 Å². The van der Waals surface area contributed by atoms with Crippen molar-refractivity contribution in [3.63, 3.8) is 0 Å². The van der Waals surface area contributed by atoms with E-state index in [9.17, 15) is 9.59 Å². The summed E-state index contributed by atoms with van der Waals surface area (Å²) < 4.78 is 0. The Morgan fingerprint density at radius 2 is 2.12 bits per heavy atom. The monoisotopic (exact) mass is 239 g/mol. The van der Waals surface area contributed by atoms with E-state index in [1.807, 2.05) is 26.8 Å². The predicted molar refractivity (Wildman–Crippen MR) is 65.5 cm³/mol. The molecule has 4 heteroatoms. The molecule has 0 aromatic carbocycles. The van der Waals surface area contributed by atoms with Crippen molar-refractivity contribution in [3.8, 4) is 0 Å². The summed E-state index contributed by atoms with van der Waals surface area (Å²) in [5, 5.41) is 11.7. The van der Waals surface area contributed by atoms with Crippen LogP contribution < -0.4 is 5.32 Å². The van der Waals surface area contributed by atoms with Crippen molar-refractivity contribution < 1.29 is 14.7 Å². The SMILES string of the molecule is CC(C)(C)[C@H](NC(=O)CC1C=CCC1)C(=O)O. The highest BCUT2D eigenvalue weighted by Gasteiger charge is 2.32. The van der Waals surface area contributed by atoms with E-state index in [4.69, 9.17) is 5.11 Å². The zero-order chi connectivity index (χ0) is 13.1. The molecule has 2 atom stereocenters. The molecule has 0 aromatic heterocycles. The van der Waals surface area contributed by atoms with Crippen LogP contribution in [0.1, 0.15) is 40.0 Å². The van der Waals surface area contributed by atoms with Crippen molar-refractivity contribution in [1.29, 1.82) is 0 Å². The molecule has 1 amide bonds. The first-order valence-corrected chi connectivity index (χ1v) is 5.99. The molecule has 0 aliphatic heterocycles. The Bertz CT molecular complexity index is 328. The number of carbonyl (C=O) groups is 2. The maximum atomic E-state index is 11.8. The van der Waals surface area contributed by atoms with Gasteiger partial charge in [-0.25, -0.2) is 4.79 Å². The van der Waals surface area contributed by atoms with E-state index in [1.165, 1.54) is 0 Å². The van der Waals surface area contributed by atoms with Crippen LogP contribution in [0, 0.1) is 11.3 Å². The van der Waals surface area contributed by atoms with E-state index in [0.717, 1.165) is 12.8 Å². The fourth-order valence-corrected chi connectivity index (χ4v) is 1.97. The van der Waals surface area contributed by atoms with Gasteiger partial charge in [-0.05, 0) is 24.2 Å². The molecule has 0 radical (unpaired) electrons. The Kier molecular flexibility index (Phi) is 4.32. The molecular formula is C13H21NO3. The zero-order valence-electron chi connectivity index (χ0n) is 10.7. The minimum Gasteiger partial charge on any atom is -0.480 e. The number of carboxylic acids is 1. The number of nitrogens with one attached hydrogen (secondary N) is 1. The van der Waals surface area contributed by atoms with Gasteiger partial charge in [-0.2, -0.15) is 0 Å². The van der Waals surface area contributed by atoms with Crippen LogP contribution in [-0.4, -0.2) is 23.0 Å². The molecular weight excluding hydrogens is 218 g/mol. The third-order valence-corrected chi connectivity index (χ3v) is 2.98. The summed E-state index contributed by atoms with van der Waals surface area (Å²) >= 11 is 0. The fourth-order valence-electron chi connectivity index (χ4n) is 1.97. The first-order chi connectivity index (χ1) is 7.80. The maximum Gasteiger partial charge on any atom is 0.326 e. The number of rotatable bonds is 4. The van der Waals surface area contributed by atoms with Gasteiger partial charge in [0, 0.05) is 6.42 Å². The lowest BCUT2D eigenvalue weighted by atomic mass is 9.86. The second-order valence-corrected chi connectivity index (χ2v) is 5.67. The van der Waals surface area contributed by atoms with E-state index < -0.39 is 17.4 Å². The average Bonchev–Trinajstić information content (AvgIpc) is 2.64. The molecule has 0 saturated carbocycles. The summed E-state index contributed by atoms with van der Waals surface area (Å²) in [7, 11) is 0. The van der Waals surface area contributed by atoms with Crippen LogP contribution in [-0.2, 0) is 9.59 Å². The van der Waals surface area contributed by atoms with Crippen LogP contribution >= 0.6 is 0 Å². The fraction of sp³-hybridized carbons (Fsp3) is 0.692. The lowest BCUT2D eigenvalue weighted by Crippen LogP contribution is -2.49. The zero-order valence-corrected chi connectivity index (χ0v) is 10.7.